The van der Waals surface area contributed by atoms with Gasteiger partial charge in [0.25, 0.3) is 0 Å². The molecule has 0 aliphatic carbocycles. The normalized spacial score (nSPS) is 21.7. The Morgan fingerprint density at radius 2 is 1.38 bits per heavy atom. The molecule has 1 unspecified atom stereocenters. The molecule has 7 atom stereocenters. The summed E-state index contributed by atoms with van der Waals surface area (Å²) in [5.74, 6) is -12.3. The second-order valence-electron chi connectivity index (χ2n) is 27.6. The number of hydrogen-bond donors (Lipinski definition) is 14. The highest BCUT2D eigenvalue weighted by Crippen LogP contribution is 2.51. The number of aliphatic hydroxyl groups is 1. The van der Waals surface area contributed by atoms with Gasteiger partial charge in [0.15, 0.2) is 18.2 Å². The van der Waals surface area contributed by atoms with Gasteiger partial charge in [0.1, 0.15) is 48.7 Å². The van der Waals surface area contributed by atoms with Gasteiger partial charge in [-0.3, -0.25) is 53.4 Å². The summed E-state index contributed by atoms with van der Waals surface area (Å²) in [6.07, 6.45) is 12.2. The molecule has 0 spiro atoms. The zero-order valence-corrected chi connectivity index (χ0v) is 61.8. The third-order valence-corrected chi connectivity index (χ3v) is 21.7. The maximum Gasteiger partial charge on any atom is 0.326 e. The monoisotopic (exact) mass is 1500 g/mol. The number of fused-ring (bicyclic) bond motifs is 7. The molecule has 5 aromatic carbocycles. The molecule has 0 radical (unpaired) electrons. The Kier molecular flexibility index (Phi) is 27.3. The Hall–Kier alpha value is -10.8. The molecule has 566 valence electrons. The van der Waals surface area contributed by atoms with Crippen LogP contribution in [-0.4, -0.2) is 200 Å². The van der Waals surface area contributed by atoms with Gasteiger partial charge in [-0.05, 0) is 97.3 Å². The molecular formula is C77H92N13O15S2+. The van der Waals surface area contributed by atoms with E-state index in [4.69, 9.17) is 11.1 Å². The van der Waals surface area contributed by atoms with E-state index >= 15 is 0 Å². The SMILES string of the molecule is Cc1ccc(C[C@H](NC(=O)[C@@H]2CSSC[C@@H](NC(=O)CCN3/C(=C/C=C/C=C/C=C/C4=[N+](CCC(=O)O)c5ccc6ccccc6c5C4(C)C)C(C)(C)c4c3ccc3ccccc43)C(=O)NCC(=O)N[C@@H](CCCNC(=N)N)C(=O)N[C@@H](CC(=O)O)C(=O)N[C@@H](CO)C(=O)N3CCCC3C(=O)N2)C(=O)O)cc1. The Balaban J connectivity index is 0.986. The van der Waals surface area contributed by atoms with Gasteiger partial charge in [-0.25, -0.2) is 4.79 Å². The van der Waals surface area contributed by atoms with Crippen LogP contribution in [0, 0.1) is 12.3 Å². The molecule has 9 rings (SSSR count). The predicted octanol–water partition coefficient (Wildman–Crippen LogP) is 4.36. The van der Waals surface area contributed by atoms with E-state index in [0.29, 0.717) is 5.56 Å². The molecule has 2 saturated heterocycles. The number of aliphatic hydroxyl groups excluding tert-OH is 1. The fourth-order valence-electron chi connectivity index (χ4n) is 14.0. The Bertz CT molecular complexity index is 4420. The number of amides is 8. The summed E-state index contributed by atoms with van der Waals surface area (Å²) >= 11 is 0. The van der Waals surface area contributed by atoms with Crippen molar-refractivity contribution in [3.05, 3.63) is 168 Å². The van der Waals surface area contributed by atoms with Crippen molar-refractivity contribution in [3.8, 4) is 0 Å². The molecule has 15 N–H and O–H groups in total. The summed E-state index contributed by atoms with van der Waals surface area (Å²) in [5, 5.41) is 72.6. The van der Waals surface area contributed by atoms with Crippen molar-refractivity contribution >= 4 is 131 Å². The van der Waals surface area contributed by atoms with Crippen molar-refractivity contribution in [3.63, 3.8) is 0 Å². The number of rotatable bonds is 23. The number of carboxylic acid groups (broad SMARTS) is 3. The molecule has 0 aromatic heterocycles. The quantitative estimate of drug-likeness (QED) is 0.0108. The zero-order valence-electron chi connectivity index (χ0n) is 60.1. The Morgan fingerprint density at radius 1 is 0.729 bits per heavy atom. The maximum atomic E-state index is 14.6. The van der Waals surface area contributed by atoms with Gasteiger partial charge in [0, 0.05) is 78.5 Å². The highest BCUT2D eigenvalue weighted by Gasteiger charge is 2.47. The van der Waals surface area contributed by atoms with Crippen molar-refractivity contribution in [2.45, 2.75) is 139 Å². The van der Waals surface area contributed by atoms with Crippen molar-refractivity contribution in [2.24, 2.45) is 5.73 Å². The minimum Gasteiger partial charge on any atom is -0.481 e. The standard InChI is InChI=1S/C77H91N13O15S2/c1-45-25-27-46(28-26-45)39-53(74(104)105)85-71(101)56-44-107-106-43-55(68(98)81-41-63(93)82-51(21-15-35-80-75(78)79)69(99)84-52(40-65(96)97)70(100)86-54(42-91)73(103)90-36-16-22-59(90)72(102)87-56)83-62(92)33-37-88-57-31-29-47-17-11-13-19-49(47)66(57)76(2,3)60(88)23-9-7-6-8-10-24-61-77(4,5)67-50-20-14-12-18-48(50)30-32-58(67)89(61)38-34-64(94)95/h6-14,17-20,23-32,51-56,59,91H,15-16,21-22,33-44H2,1-5H3,(H13-,78,79,80,81,82,83,84,85,86,87,92,93,94,95,96,97,98,99,100,101,102,104,105)/p+1/t51-,52-,53-,54-,55+,56-,59?/m0/s1. The number of nitrogens with one attached hydrogen (secondary N) is 9. The molecule has 28 nitrogen and oxygen atoms in total. The van der Waals surface area contributed by atoms with Gasteiger partial charge in [-0.2, -0.15) is 4.58 Å². The first-order valence-electron chi connectivity index (χ1n) is 35.3. The lowest BCUT2D eigenvalue weighted by molar-refractivity contribution is -0.436. The molecule has 4 heterocycles. The number of guanidine groups is 1. The number of anilines is 1. The number of carboxylic acids is 3. The Labute approximate surface area is 626 Å². The summed E-state index contributed by atoms with van der Waals surface area (Å²) in [7, 11) is 1.97. The smallest absolute Gasteiger partial charge is 0.326 e. The van der Waals surface area contributed by atoms with E-state index in [2.05, 4.69) is 104 Å². The van der Waals surface area contributed by atoms with Crippen LogP contribution < -0.4 is 53.2 Å². The highest BCUT2D eigenvalue weighted by atomic mass is 33.1. The summed E-state index contributed by atoms with van der Waals surface area (Å²) in [6, 6.07) is 20.3. The molecule has 4 aliphatic heterocycles. The van der Waals surface area contributed by atoms with E-state index in [9.17, 15) is 73.2 Å². The van der Waals surface area contributed by atoms with E-state index in [1.807, 2.05) is 98.0 Å². The van der Waals surface area contributed by atoms with Crippen LogP contribution in [0.4, 0.5) is 11.4 Å². The number of hydrogen-bond acceptors (Lipinski definition) is 16. The molecule has 5 aromatic rings. The lowest BCUT2D eigenvalue weighted by atomic mass is 9.79. The second-order valence-corrected chi connectivity index (χ2v) is 30.2. The highest BCUT2D eigenvalue weighted by molar-refractivity contribution is 8.76. The molecule has 107 heavy (non-hydrogen) atoms. The van der Waals surface area contributed by atoms with Gasteiger partial charge >= 0.3 is 17.9 Å². The topological polar surface area (TPSA) is 424 Å². The van der Waals surface area contributed by atoms with Crippen LogP contribution in [0.25, 0.3) is 21.5 Å². The predicted molar refractivity (Wildman–Crippen MR) is 409 cm³/mol. The third-order valence-electron chi connectivity index (χ3n) is 19.3. The van der Waals surface area contributed by atoms with Gasteiger partial charge in [-0.15, -0.1) is 0 Å². The van der Waals surface area contributed by atoms with E-state index in [1.165, 1.54) is 0 Å². The van der Waals surface area contributed by atoms with Crippen LogP contribution in [0.2, 0.25) is 0 Å². The molecular weight excluding hydrogens is 1410 g/mol. The summed E-state index contributed by atoms with van der Waals surface area (Å²) in [4.78, 5) is 154. The van der Waals surface area contributed by atoms with Crippen LogP contribution in [0.15, 0.2) is 145 Å². The lowest BCUT2D eigenvalue weighted by Gasteiger charge is -2.30. The second kappa shape index (κ2) is 36.4. The van der Waals surface area contributed by atoms with Crippen LogP contribution in [-0.2, 0) is 70.0 Å². The number of aryl methyl sites for hydroxylation is 1. The van der Waals surface area contributed by atoms with Crippen LogP contribution in [0.5, 0.6) is 0 Å². The van der Waals surface area contributed by atoms with E-state index < -0.39 is 144 Å². The van der Waals surface area contributed by atoms with E-state index in [0.717, 1.165) is 87.5 Å². The number of aliphatic carboxylic acids is 3. The van der Waals surface area contributed by atoms with Crippen molar-refractivity contribution < 1.29 is 77.7 Å². The largest absolute Gasteiger partial charge is 0.481 e. The number of allylic oxidation sites excluding steroid dienone is 8. The van der Waals surface area contributed by atoms with Crippen LogP contribution >= 0.6 is 21.6 Å². The first kappa shape index (κ1) is 80.3. The average molecular weight is 1500 g/mol. The lowest BCUT2D eigenvalue weighted by Crippen LogP contribution is -2.60. The summed E-state index contributed by atoms with van der Waals surface area (Å²) < 4.78 is 2.08. The van der Waals surface area contributed by atoms with Crippen molar-refractivity contribution in [1.82, 2.24) is 47.4 Å². The number of nitrogens with zero attached hydrogens (tertiary/aromatic N) is 3. The summed E-state index contributed by atoms with van der Waals surface area (Å²) in [5.41, 5.74) is 11.6. The molecule has 4 aliphatic rings. The first-order chi connectivity index (χ1) is 51.1. The van der Waals surface area contributed by atoms with Crippen molar-refractivity contribution in [1.29, 1.82) is 5.41 Å². The van der Waals surface area contributed by atoms with Crippen molar-refractivity contribution in [2.75, 3.05) is 55.7 Å². The van der Waals surface area contributed by atoms with Gasteiger partial charge in [0.05, 0.1) is 25.0 Å². The Morgan fingerprint density at radius 3 is 2.07 bits per heavy atom. The number of carbonyl (C=O) groups is 11. The van der Waals surface area contributed by atoms with Crippen LogP contribution in [0.3, 0.4) is 0 Å². The molecule has 30 heteroatoms. The molecule has 8 amide bonds. The minimum absolute atomic E-state index is 0.0258. The zero-order chi connectivity index (χ0) is 77.3. The first-order valence-corrected chi connectivity index (χ1v) is 37.8. The average Bonchev–Trinajstić information content (AvgIpc) is 1.58. The molecule has 2 fully saturated rings. The maximum absolute atomic E-state index is 14.6. The molecule has 0 saturated carbocycles. The number of nitrogens with two attached hydrogens (primary N) is 1. The fraction of sp³-hybridized carbons (Fsp3) is 0.390. The van der Waals surface area contributed by atoms with Gasteiger partial charge in [0.2, 0.25) is 52.9 Å². The summed E-state index contributed by atoms with van der Waals surface area (Å²) in [6.45, 7) is 8.82. The molecule has 0 bridgehead atoms. The fourth-order valence-corrected chi connectivity index (χ4v) is 16.3. The number of carbonyl (C=O) groups excluding carboxylic acids is 8. The minimum atomic E-state index is -1.92. The van der Waals surface area contributed by atoms with Gasteiger partial charge in [-0.1, -0.05) is 150 Å². The van der Waals surface area contributed by atoms with Gasteiger partial charge < -0.3 is 78.5 Å². The number of benzene rings is 5. The van der Waals surface area contributed by atoms with E-state index in [1.54, 1.807) is 24.3 Å². The van der Waals surface area contributed by atoms with E-state index in [-0.39, 0.29) is 82.6 Å². The third kappa shape index (κ3) is 20.2. The van der Waals surface area contributed by atoms with Crippen LogP contribution in [0.1, 0.15) is 94.9 Å².